The van der Waals surface area contributed by atoms with E-state index in [1.54, 1.807) is 42.7 Å². The average molecular weight is 282 g/mol. The molecule has 5 heteroatoms. The maximum atomic E-state index is 11.9. The maximum Gasteiger partial charge on any atom is 0.328 e. The zero-order chi connectivity index (χ0) is 15.1. The molecule has 0 atom stereocenters. The number of nitrogens with zero attached hydrogens (tertiary/aromatic N) is 1. The van der Waals surface area contributed by atoms with Crippen molar-refractivity contribution in [2.24, 2.45) is 0 Å². The first-order chi connectivity index (χ1) is 10.1. The SMILES string of the molecule is O=C(O)C=Cc1ccc(NC(=O)Cc2cccnc2)cc1. The number of carboxylic acid groups (broad SMARTS) is 1. The number of hydrogen-bond acceptors (Lipinski definition) is 3. The molecule has 0 radical (unpaired) electrons. The standard InChI is InChI=1S/C16H14N2O3/c19-15(10-13-2-1-9-17-11-13)18-14-6-3-12(4-7-14)5-8-16(20)21/h1-9,11H,10H2,(H,18,19)(H,20,21). The molecule has 0 saturated carbocycles. The van der Waals surface area contributed by atoms with E-state index in [1.165, 1.54) is 6.08 Å². The molecule has 2 aromatic rings. The lowest BCUT2D eigenvalue weighted by Crippen LogP contribution is -2.14. The molecule has 0 spiro atoms. The lowest BCUT2D eigenvalue weighted by molar-refractivity contribution is -0.131. The first kappa shape index (κ1) is 14.5. The second-order valence-electron chi connectivity index (χ2n) is 4.38. The van der Waals surface area contributed by atoms with E-state index < -0.39 is 5.97 Å². The quantitative estimate of drug-likeness (QED) is 0.825. The van der Waals surface area contributed by atoms with E-state index in [2.05, 4.69) is 10.3 Å². The smallest absolute Gasteiger partial charge is 0.328 e. The van der Waals surface area contributed by atoms with Gasteiger partial charge in [0.25, 0.3) is 0 Å². The Labute approximate surface area is 122 Å². The predicted octanol–water partition coefficient (Wildman–Crippen LogP) is 2.36. The Morgan fingerprint density at radius 1 is 1.19 bits per heavy atom. The molecule has 0 aliphatic heterocycles. The maximum absolute atomic E-state index is 11.9. The molecule has 1 aromatic heterocycles. The summed E-state index contributed by atoms with van der Waals surface area (Å²) in [5.74, 6) is -1.12. The first-order valence-electron chi connectivity index (χ1n) is 6.33. The number of benzene rings is 1. The molecule has 5 nitrogen and oxygen atoms in total. The summed E-state index contributed by atoms with van der Waals surface area (Å²) in [7, 11) is 0. The molecule has 106 valence electrons. The van der Waals surface area contributed by atoms with Gasteiger partial charge in [-0.25, -0.2) is 4.79 Å². The van der Waals surface area contributed by atoms with Crippen molar-refractivity contribution in [3.63, 3.8) is 0 Å². The van der Waals surface area contributed by atoms with Crippen LogP contribution in [0.15, 0.2) is 54.9 Å². The van der Waals surface area contributed by atoms with E-state index in [1.807, 2.05) is 6.07 Å². The van der Waals surface area contributed by atoms with Gasteiger partial charge in [-0.3, -0.25) is 9.78 Å². The molecule has 0 fully saturated rings. The van der Waals surface area contributed by atoms with Crippen molar-refractivity contribution in [1.82, 2.24) is 4.98 Å². The molecule has 2 rings (SSSR count). The van der Waals surface area contributed by atoms with Gasteiger partial charge >= 0.3 is 5.97 Å². The minimum atomic E-state index is -0.996. The van der Waals surface area contributed by atoms with Crippen LogP contribution in [0, 0.1) is 0 Å². The Morgan fingerprint density at radius 2 is 1.95 bits per heavy atom. The Kier molecular flexibility index (Phi) is 4.82. The van der Waals surface area contributed by atoms with Gasteiger partial charge in [0.05, 0.1) is 6.42 Å². The second kappa shape index (κ2) is 7.00. The first-order valence-corrected chi connectivity index (χ1v) is 6.33. The van der Waals surface area contributed by atoms with Gasteiger partial charge in [0.2, 0.25) is 5.91 Å². The number of amides is 1. The largest absolute Gasteiger partial charge is 0.478 e. The third-order valence-corrected chi connectivity index (χ3v) is 2.70. The van der Waals surface area contributed by atoms with Gasteiger partial charge < -0.3 is 10.4 Å². The average Bonchev–Trinajstić information content (AvgIpc) is 2.47. The van der Waals surface area contributed by atoms with Gasteiger partial charge in [0.1, 0.15) is 0 Å². The van der Waals surface area contributed by atoms with Crippen LogP contribution in [-0.4, -0.2) is 22.0 Å². The summed E-state index contributed by atoms with van der Waals surface area (Å²) in [6.45, 7) is 0. The van der Waals surface area contributed by atoms with E-state index in [0.717, 1.165) is 17.2 Å². The second-order valence-corrected chi connectivity index (χ2v) is 4.38. The molecule has 0 bridgehead atoms. The summed E-state index contributed by atoms with van der Waals surface area (Å²) in [6, 6.07) is 10.5. The van der Waals surface area contributed by atoms with E-state index in [0.29, 0.717) is 5.69 Å². The van der Waals surface area contributed by atoms with Crippen LogP contribution in [0.3, 0.4) is 0 Å². The summed E-state index contributed by atoms with van der Waals surface area (Å²) in [4.78, 5) is 26.2. The highest BCUT2D eigenvalue weighted by Gasteiger charge is 2.03. The summed E-state index contributed by atoms with van der Waals surface area (Å²) in [5, 5.41) is 11.3. The van der Waals surface area contributed by atoms with Crippen molar-refractivity contribution >= 4 is 23.6 Å². The Morgan fingerprint density at radius 3 is 2.57 bits per heavy atom. The summed E-state index contributed by atoms with van der Waals surface area (Å²) in [6.07, 6.45) is 6.12. The fourth-order valence-electron chi connectivity index (χ4n) is 1.74. The van der Waals surface area contributed by atoms with Crippen molar-refractivity contribution in [2.75, 3.05) is 5.32 Å². The molecule has 2 N–H and O–H groups in total. The van der Waals surface area contributed by atoms with Crippen LogP contribution in [0.5, 0.6) is 0 Å². The monoisotopic (exact) mass is 282 g/mol. The van der Waals surface area contributed by atoms with E-state index in [-0.39, 0.29) is 12.3 Å². The minimum absolute atomic E-state index is 0.128. The highest BCUT2D eigenvalue weighted by molar-refractivity contribution is 5.92. The van der Waals surface area contributed by atoms with Crippen molar-refractivity contribution in [2.45, 2.75) is 6.42 Å². The van der Waals surface area contributed by atoms with Crippen LogP contribution < -0.4 is 5.32 Å². The number of rotatable bonds is 5. The van der Waals surface area contributed by atoms with Crippen LogP contribution >= 0.6 is 0 Å². The molecular weight excluding hydrogens is 268 g/mol. The third kappa shape index (κ3) is 4.91. The van der Waals surface area contributed by atoms with Gasteiger partial charge in [-0.05, 0) is 35.4 Å². The zero-order valence-electron chi connectivity index (χ0n) is 11.2. The highest BCUT2D eigenvalue weighted by atomic mass is 16.4. The summed E-state index contributed by atoms with van der Waals surface area (Å²) >= 11 is 0. The topological polar surface area (TPSA) is 79.3 Å². The molecular formula is C16H14N2O3. The number of aromatic nitrogens is 1. The molecule has 21 heavy (non-hydrogen) atoms. The van der Waals surface area contributed by atoms with Crippen molar-refractivity contribution in [3.05, 3.63) is 66.0 Å². The fraction of sp³-hybridized carbons (Fsp3) is 0.0625. The number of carbonyl (C=O) groups excluding carboxylic acids is 1. The number of pyridine rings is 1. The van der Waals surface area contributed by atoms with Crippen molar-refractivity contribution < 1.29 is 14.7 Å². The Balaban J connectivity index is 1.94. The van der Waals surface area contributed by atoms with Crippen LogP contribution in [0.25, 0.3) is 6.08 Å². The summed E-state index contributed by atoms with van der Waals surface area (Å²) < 4.78 is 0. The van der Waals surface area contributed by atoms with Crippen molar-refractivity contribution in [1.29, 1.82) is 0 Å². The number of aliphatic carboxylic acids is 1. The Bertz CT molecular complexity index is 649. The molecule has 1 aromatic carbocycles. The van der Waals surface area contributed by atoms with Gasteiger partial charge in [0.15, 0.2) is 0 Å². The van der Waals surface area contributed by atoms with Crippen LogP contribution in [0.1, 0.15) is 11.1 Å². The van der Waals surface area contributed by atoms with E-state index in [4.69, 9.17) is 5.11 Å². The number of nitrogens with one attached hydrogen (secondary N) is 1. The number of carbonyl (C=O) groups is 2. The lowest BCUT2D eigenvalue weighted by Gasteiger charge is -2.05. The number of carboxylic acids is 1. The van der Waals surface area contributed by atoms with Crippen molar-refractivity contribution in [3.8, 4) is 0 Å². The number of hydrogen-bond donors (Lipinski definition) is 2. The van der Waals surface area contributed by atoms with Crippen LogP contribution in [0.4, 0.5) is 5.69 Å². The third-order valence-electron chi connectivity index (χ3n) is 2.70. The molecule has 0 aliphatic carbocycles. The van der Waals surface area contributed by atoms with Crippen LogP contribution in [0.2, 0.25) is 0 Å². The minimum Gasteiger partial charge on any atom is -0.478 e. The lowest BCUT2D eigenvalue weighted by atomic mass is 10.1. The van der Waals surface area contributed by atoms with E-state index in [9.17, 15) is 9.59 Å². The highest BCUT2D eigenvalue weighted by Crippen LogP contribution is 2.11. The number of anilines is 1. The summed E-state index contributed by atoms with van der Waals surface area (Å²) in [5.41, 5.74) is 2.26. The molecule has 1 heterocycles. The molecule has 0 aliphatic rings. The fourth-order valence-corrected chi connectivity index (χ4v) is 1.74. The molecule has 0 unspecified atom stereocenters. The Hall–Kier alpha value is -2.95. The van der Waals surface area contributed by atoms with Gasteiger partial charge in [-0.2, -0.15) is 0 Å². The predicted molar refractivity (Wildman–Crippen MR) is 79.7 cm³/mol. The van der Waals surface area contributed by atoms with E-state index >= 15 is 0 Å². The molecule has 0 saturated heterocycles. The van der Waals surface area contributed by atoms with Crippen LogP contribution in [-0.2, 0) is 16.0 Å². The normalized spacial score (nSPS) is 10.5. The van der Waals surface area contributed by atoms with Gasteiger partial charge in [-0.1, -0.05) is 18.2 Å². The van der Waals surface area contributed by atoms with Gasteiger partial charge in [0, 0.05) is 24.2 Å². The molecule has 1 amide bonds. The van der Waals surface area contributed by atoms with Gasteiger partial charge in [-0.15, -0.1) is 0 Å². The zero-order valence-corrected chi connectivity index (χ0v) is 11.2.